The summed E-state index contributed by atoms with van der Waals surface area (Å²) in [7, 11) is 0. The quantitative estimate of drug-likeness (QED) is 0.156. The lowest BCUT2D eigenvalue weighted by atomic mass is 9.34. The molecule has 9 aromatic rings. The van der Waals surface area contributed by atoms with E-state index in [1.165, 1.54) is 103 Å². The predicted octanol–water partition coefficient (Wildman–Crippen LogP) is 16.2. The van der Waals surface area contributed by atoms with Gasteiger partial charge in [-0.25, -0.2) is 0 Å². The van der Waals surface area contributed by atoms with E-state index in [0.29, 0.717) is 5.41 Å². The van der Waals surface area contributed by atoms with Crippen LogP contribution in [-0.2, 0) is 10.8 Å². The number of benzene rings is 8. The average molecular weight is 813 g/mol. The number of rotatable bonds is 7. The number of nitrogens with zero attached hydrogens (tertiary/aromatic N) is 2. The summed E-state index contributed by atoms with van der Waals surface area (Å²) in [5.74, 6) is 3.74. The molecule has 0 spiro atoms. The van der Waals surface area contributed by atoms with Gasteiger partial charge in [-0.2, -0.15) is 0 Å². The zero-order valence-corrected chi connectivity index (χ0v) is 36.4. The SMILES string of the molecule is C[C@H]1C[C@H]2C[C@H]3CC(c4ccc(-c5ccc(N(c6ccc(-c7cccc(-n8c9ccccc9c9ccccc98)c7)cc6)c6ccc7c(c6)C(C)(C)c6ccccc6-7)cc5)cc4)(C1)C23. The van der Waals surface area contributed by atoms with Crippen molar-refractivity contribution < 1.29 is 0 Å². The lowest BCUT2D eigenvalue weighted by molar-refractivity contribution is -0.159. The molecule has 3 saturated carbocycles. The topological polar surface area (TPSA) is 8.17 Å². The van der Waals surface area contributed by atoms with Crippen molar-refractivity contribution in [2.75, 3.05) is 4.90 Å². The molecule has 0 bridgehead atoms. The third-order valence-corrected chi connectivity index (χ3v) is 16.2. The Hall–Kier alpha value is -6.64. The molecule has 13 rings (SSSR count). The molecule has 0 amide bonds. The number of anilines is 3. The number of hydrogen-bond acceptors (Lipinski definition) is 1. The molecule has 5 atom stereocenters. The highest BCUT2D eigenvalue weighted by molar-refractivity contribution is 6.09. The molecule has 4 aliphatic rings. The normalized spacial score (nSPS) is 22.5. The maximum atomic E-state index is 2.49. The van der Waals surface area contributed by atoms with Gasteiger partial charge in [0.05, 0.1) is 11.0 Å². The summed E-state index contributed by atoms with van der Waals surface area (Å²) in [4.78, 5) is 2.44. The van der Waals surface area contributed by atoms with Crippen molar-refractivity contribution in [1.29, 1.82) is 0 Å². The second kappa shape index (κ2) is 13.7. The number of fused-ring (bicyclic) bond motifs is 6. The smallest absolute Gasteiger partial charge is 0.0541 e. The summed E-state index contributed by atoms with van der Waals surface area (Å²) >= 11 is 0. The van der Waals surface area contributed by atoms with Gasteiger partial charge in [0.1, 0.15) is 0 Å². The zero-order valence-electron chi connectivity index (χ0n) is 36.4. The van der Waals surface area contributed by atoms with E-state index in [2.05, 4.69) is 218 Å². The van der Waals surface area contributed by atoms with E-state index in [0.717, 1.165) is 35.0 Å². The summed E-state index contributed by atoms with van der Waals surface area (Å²) in [6, 6.07) is 70.7. The second-order valence-electron chi connectivity index (χ2n) is 20.0. The van der Waals surface area contributed by atoms with Crippen molar-refractivity contribution in [2.24, 2.45) is 23.7 Å². The lowest BCUT2D eigenvalue weighted by Crippen LogP contribution is -2.65. The van der Waals surface area contributed by atoms with Crippen LogP contribution in [0.2, 0.25) is 0 Å². The van der Waals surface area contributed by atoms with E-state index in [1.807, 2.05) is 0 Å². The minimum atomic E-state index is -0.0932. The third-order valence-electron chi connectivity index (χ3n) is 16.2. The zero-order chi connectivity index (χ0) is 42.0. The molecule has 4 aliphatic carbocycles. The molecule has 0 aliphatic heterocycles. The summed E-state index contributed by atoms with van der Waals surface area (Å²) in [6.07, 6.45) is 5.71. The van der Waals surface area contributed by atoms with Crippen molar-refractivity contribution in [3.8, 4) is 39.1 Å². The Kier molecular flexibility index (Phi) is 8.03. The summed E-state index contributed by atoms with van der Waals surface area (Å²) in [5, 5.41) is 2.55. The van der Waals surface area contributed by atoms with Gasteiger partial charge in [0.15, 0.2) is 0 Å². The fourth-order valence-electron chi connectivity index (χ4n) is 13.4. The molecule has 0 radical (unpaired) electrons. The van der Waals surface area contributed by atoms with Gasteiger partial charge in [0.25, 0.3) is 0 Å². The van der Waals surface area contributed by atoms with Crippen LogP contribution >= 0.6 is 0 Å². The fourth-order valence-corrected chi connectivity index (χ4v) is 13.4. The van der Waals surface area contributed by atoms with Crippen molar-refractivity contribution >= 4 is 38.9 Å². The van der Waals surface area contributed by atoms with Crippen molar-refractivity contribution in [3.05, 3.63) is 205 Å². The molecule has 2 heteroatoms. The Morgan fingerprint density at radius 1 is 0.476 bits per heavy atom. The minimum Gasteiger partial charge on any atom is -0.310 e. The van der Waals surface area contributed by atoms with Crippen LogP contribution in [0.15, 0.2) is 188 Å². The van der Waals surface area contributed by atoms with E-state index in [-0.39, 0.29) is 5.41 Å². The molecule has 0 N–H and O–H groups in total. The van der Waals surface area contributed by atoms with E-state index >= 15 is 0 Å². The van der Waals surface area contributed by atoms with Crippen molar-refractivity contribution in [2.45, 2.75) is 57.3 Å². The van der Waals surface area contributed by atoms with Crippen molar-refractivity contribution in [1.82, 2.24) is 4.57 Å². The molecule has 63 heavy (non-hydrogen) atoms. The van der Waals surface area contributed by atoms with Crippen LogP contribution in [0.1, 0.15) is 63.1 Å². The molecule has 1 heterocycles. The molecule has 1 aromatic heterocycles. The van der Waals surface area contributed by atoms with Crippen LogP contribution in [0.5, 0.6) is 0 Å². The fraction of sp³-hybridized carbons (Fsp3) is 0.213. The molecule has 306 valence electrons. The van der Waals surface area contributed by atoms with Gasteiger partial charge in [-0.15, -0.1) is 0 Å². The summed E-state index contributed by atoms with van der Waals surface area (Å²) in [6.45, 7) is 7.24. The van der Waals surface area contributed by atoms with Crippen LogP contribution in [0.25, 0.3) is 60.9 Å². The highest BCUT2D eigenvalue weighted by Crippen LogP contribution is 2.71. The summed E-state index contributed by atoms with van der Waals surface area (Å²) in [5.41, 5.74) is 19.4. The van der Waals surface area contributed by atoms with Gasteiger partial charge in [-0.3, -0.25) is 0 Å². The number of aromatic nitrogens is 1. The first kappa shape index (κ1) is 37.0. The largest absolute Gasteiger partial charge is 0.310 e. The van der Waals surface area contributed by atoms with Crippen molar-refractivity contribution in [3.63, 3.8) is 0 Å². The van der Waals surface area contributed by atoms with Gasteiger partial charge >= 0.3 is 0 Å². The van der Waals surface area contributed by atoms with E-state index < -0.39 is 0 Å². The average Bonchev–Trinajstić information content (AvgIpc) is 3.76. The second-order valence-corrected chi connectivity index (χ2v) is 20.0. The highest BCUT2D eigenvalue weighted by atomic mass is 15.1. The molecule has 0 saturated heterocycles. The lowest BCUT2D eigenvalue weighted by Gasteiger charge is -2.70. The summed E-state index contributed by atoms with van der Waals surface area (Å²) < 4.78 is 2.40. The van der Waals surface area contributed by atoms with E-state index in [1.54, 1.807) is 5.56 Å². The van der Waals surface area contributed by atoms with Gasteiger partial charge < -0.3 is 9.47 Å². The van der Waals surface area contributed by atoms with Crippen LogP contribution < -0.4 is 4.90 Å². The van der Waals surface area contributed by atoms with Gasteiger partial charge in [-0.1, -0.05) is 148 Å². The molecular weight excluding hydrogens is 761 g/mol. The third kappa shape index (κ3) is 5.50. The Morgan fingerprint density at radius 2 is 1.06 bits per heavy atom. The van der Waals surface area contributed by atoms with Crippen LogP contribution in [-0.4, -0.2) is 4.57 Å². The van der Waals surface area contributed by atoms with Crippen LogP contribution in [0.3, 0.4) is 0 Å². The molecule has 2 nitrogen and oxygen atoms in total. The Balaban J connectivity index is 0.858. The van der Waals surface area contributed by atoms with Gasteiger partial charge in [0, 0.05) is 38.9 Å². The molecule has 2 unspecified atom stereocenters. The van der Waals surface area contributed by atoms with Gasteiger partial charge in [0.2, 0.25) is 0 Å². The molecule has 3 fully saturated rings. The van der Waals surface area contributed by atoms with Crippen LogP contribution in [0.4, 0.5) is 17.1 Å². The first-order valence-corrected chi connectivity index (χ1v) is 23.3. The molecular formula is C61H52N2. The van der Waals surface area contributed by atoms with Gasteiger partial charge in [-0.05, 0) is 166 Å². The first-order valence-electron chi connectivity index (χ1n) is 23.3. The monoisotopic (exact) mass is 812 g/mol. The predicted molar refractivity (Wildman–Crippen MR) is 264 cm³/mol. The highest BCUT2D eigenvalue weighted by Gasteiger charge is 2.65. The Bertz CT molecular complexity index is 3190. The standard InChI is InChI=1S/C61H52N2/c1-39-33-44-34-45-38-61(37-39,59(44)45)46-25-19-40(20-26-46)41-21-27-47(28-22-41)62(50-31-32-52-51-13-4-7-16-55(51)60(2,3)56(52)36-50)48-29-23-42(24-30-48)43-11-10-12-49(35-43)63-57-17-8-5-14-53(57)54-15-6-9-18-58(54)63/h4-32,35-36,39,44-45,59H,33-34,37-38H2,1-3H3/t39-,44-,45-,59?,61?/m0/s1. The van der Waals surface area contributed by atoms with Crippen LogP contribution in [0, 0.1) is 23.7 Å². The molecule has 8 aromatic carbocycles. The van der Waals surface area contributed by atoms with E-state index in [4.69, 9.17) is 0 Å². The Morgan fingerprint density at radius 3 is 1.75 bits per heavy atom. The maximum Gasteiger partial charge on any atom is 0.0541 e. The maximum absolute atomic E-state index is 2.49. The Labute approximate surface area is 371 Å². The van der Waals surface area contributed by atoms with E-state index in [9.17, 15) is 0 Å². The number of hydrogen-bond donors (Lipinski definition) is 0. The minimum absolute atomic E-state index is 0.0932. The first-order chi connectivity index (χ1) is 30.8. The number of para-hydroxylation sites is 2.